The first-order valence-electron chi connectivity index (χ1n) is 9.54. The minimum Gasteiger partial charge on any atom is -0.379 e. The normalized spacial score (nSPS) is 29.7. The lowest BCUT2D eigenvalue weighted by molar-refractivity contribution is -0.126. The van der Waals surface area contributed by atoms with Crippen molar-refractivity contribution in [2.75, 3.05) is 32.8 Å². The van der Waals surface area contributed by atoms with Crippen LogP contribution in [0.4, 0.5) is 0 Å². The number of carbonyl (C=O) groups excluding carboxylic acids is 1. The predicted molar refractivity (Wildman–Crippen MR) is 98.2 cm³/mol. The Balaban J connectivity index is 1.47. The number of ether oxygens (including phenoxy) is 1. The van der Waals surface area contributed by atoms with Gasteiger partial charge in [-0.2, -0.15) is 0 Å². The Hall–Kier alpha value is -1.65. The Labute approximate surface area is 150 Å². The molecule has 134 valence electrons. The number of carbonyl (C=O) groups is 1. The first-order chi connectivity index (χ1) is 12.2. The maximum atomic E-state index is 12.9. The van der Waals surface area contributed by atoms with Crippen molar-refractivity contribution >= 4 is 5.91 Å². The molecule has 0 spiro atoms. The van der Waals surface area contributed by atoms with E-state index in [1.807, 2.05) is 0 Å². The first-order valence-corrected chi connectivity index (χ1v) is 9.54. The fourth-order valence-electron chi connectivity index (χ4n) is 4.44. The van der Waals surface area contributed by atoms with E-state index in [-0.39, 0.29) is 17.9 Å². The summed E-state index contributed by atoms with van der Waals surface area (Å²) in [6.45, 7) is 6.40. The third-order valence-corrected chi connectivity index (χ3v) is 5.96. The van der Waals surface area contributed by atoms with E-state index in [1.165, 1.54) is 11.1 Å². The Morgan fingerprint density at radius 1 is 1.20 bits per heavy atom. The van der Waals surface area contributed by atoms with Gasteiger partial charge in [0.1, 0.15) is 0 Å². The second-order valence-corrected chi connectivity index (χ2v) is 7.77. The molecule has 1 saturated heterocycles. The van der Waals surface area contributed by atoms with E-state index in [1.54, 1.807) is 0 Å². The van der Waals surface area contributed by atoms with Gasteiger partial charge in [0.25, 0.3) is 0 Å². The highest BCUT2D eigenvalue weighted by Crippen LogP contribution is 2.43. The fraction of sp³-hybridized carbons (Fsp3) is 0.571. The first kappa shape index (κ1) is 16.8. The van der Waals surface area contributed by atoms with Crippen molar-refractivity contribution in [3.8, 4) is 0 Å². The van der Waals surface area contributed by atoms with Crippen molar-refractivity contribution in [1.29, 1.82) is 0 Å². The van der Waals surface area contributed by atoms with E-state index in [4.69, 9.17) is 4.74 Å². The Morgan fingerprint density at radius 2 is 1.96 bits per heavy atom. The number of allylic oxidation sites excluding steroid dienone is 2. The molecule has 1 aromatic carbocycles. The molecule has 0 unspecified atom stereocenters. The molecule has 25 heavy (non-hydrogen) atoms. The third-order valence-electron chi connectivity index (χ3n) is 5.96. The molecular formula is C21H28N2O2. The number of hydrogen-bond acceptors (Lipinski definition) is 3. The summed E-state index contributed by atoms with van der Waals surface area (Å²) in [6, 6.07) is 8.62. The van der Waals surface area contributed by atoms with E-state index < -0.39 is 0 Å². The maximum Gasteiger partial charge on any atom is 0.224 e. The van der Waals surface area contributed by atoms with Crippen molar-refractivity contribution in [1.82, 2.24) is 10.2 Å². The molecule has 2 aliphatic carbocycles. The zero-order valence-corrected chi connectivity index (χ0v) is 15.0. The molecule has 2 bridgehead atoms. The Bertz CT molecular complexity index is 634. The summed E-state index contributed by atoms with van der Waals surface area (Å²) in [5.74, 6) is 1.47. The predicted octanol–water partition coefficient (Wildman–Crippen LogP) is 2.70. The zero-order valence-electron chi connectivity index (χ0n) is 15.0. The van der Waals surface area contributed by atoms with Crippen LogP contribution < -0.4 is 5.32 Å². The van der Waals surface area contributed by atoms with Crippen LogP contribution in [0.15, 0.2) is 36.4 Å². The molecule has 1 saturated carbocycles. The van der Waals surface area contributed by atoms with Crippen LogP contribution in [-0.4, -0.2) is 43.7 Å². The number of rotatable bonds is 5. The lowest BCUT2D eigenvalue weighted by Gasteiger charge is -2.32. The van der Waals surface area contributed by atoms with Crippen molar-refractivity contribution in [2.45, 2.75) is 25.8 Å². The summed E-state index contributed by atoms with van der Waals surface area (Å²) in [5.41, 5.74) is 2.45. The van der Waals surface area contributed by atoms with Crippen LogP contribution >= 0.6 is 0 Å². The van der Waals surface area contributed by atoms with Gasteiger partial charge in [-0.3, -0.25) is 9.69 Å². The molecule has 1 aliphatic heterocycles. The number of morpholine rings is 1. The van der Waals surface area contributed by atoms with E-state index in [9.17, 15) is 4.79 Å². The SMILES string of the molecule is Cc1ccc([C@H](CN2CCOCC2)NC(=O)[C@H]2C[C@H]3C=C[C@H]2C3)cc1. The zero-order chi connectivity index (χ0) is 17.2. The van der Waals surface area contributed by atoms with Crippen molar-refractivity contribution in [3.63, 3.8) is 0 Å². The highest BCUT2D eigenvalue weighted by Gasteiger charge is 2.40. The quantitative estimate of drug-likeness (QED) is 0.838. The van der Waals surface area contributed by atoms with E-state index in [2.05, 4.69) is 53.6 Å². The van der Waals surface area contributed by atoms with Gasteiger partial charge in [-0.15, -0.1) is 0 Å². The average molecular weight is 340 g/mol. The van der Waals surface area contributed by atoms with Crippen LogP contribution in [0.2, 0.25) is 0 Å². The molecule has 4 atom stereocenters. The molecule has 1 aromatic rings. The summed E-state index contributed by atoms with van der Waals surface area (Å²) in [5, 5.41) is 3.37. The standard InChI is InChI=1S/C21H28N2O2/c1-15-2-5-17(6-3-15)20(14-23-8-10-25-11-9-23)22-21(24)19-13-16-4-7-18(19)12-16/h2-7,16,18-20H,8-14H2,1H3,(H,22,24)/t16-,18-,19-,20-/m0/s1. The summed E-state index contributed by atoms with van der Waals surface area (Å²) < 4.78 is 5.46. The monoisotopic (exact) mass is 340 g/mol. The third kappa shape index (κ3) is 3.80. The molecule has 4 nitrogen and oxygen atoms in total. The number of hydrogen-bond donors (Lipinski definition) is 1. The van der Waals surface area contributed by atoms with Crippen LogP contribution in [0.3, 0.4) is 0 Å². The van der Waals surface area contributed by atoms with Gasteiger partial charge in [0.05, 0.1) is 19.3 Å². The largest absolute Gasteiger partial charge is 0.379 e. The summed E-state index contributed by atoms with van der Waals surface area (Å²) in [4.78, 5) is 15.3. The van der Waals surface area contributed by atoms with Gasteiger partial charge < -0.3 is 10.1 Å². The highest BCUT2D eigenvalue weighted by molar-refractivity contribution is 5.80. The molecule has 2 fully saturated rings. The molecule has 4 heteroatoms. The molecule has 1 amide bonds. The highest BCUT2D eigenvalue weighted by atomic mass is 16.5. The van der Waals surface area contributed by atoms with Crippen molar-refractivity contribution in [3.05, 3.63) is 47.5 Å². The van der Waals surface area contributed by atoms with Gasteiger partial charge >= 0.3 is 0 Å². The van der Waals surface area contributed by atoms with Crippen molar-refractivity contribution < 1.29 is 9.53 Å². The smallest absolute Gasteiger partial charge is 0.224 e. The van der Waals surface area contributed by atoms with Crippen LogP contribution in [-0.2, 0) is 9.53 Å². The molecule has 1 N–H and O–H groups in total. The van der Waals surface area contributed by atoms with E-state index >= 15 is 0 Å². The van der Waals surface area contributed by atoms with Crippen LogP contribution in [0.25, 0.3) is 0 Å². The van der Waals surface area contributed by atoms with Crippen LogP contribution in [0.1, 0.15) is 30.0 Å². The number of fused-ring (bicyclic) bond motifs is 2. The second-order valence-electron chi connectivity index (χ2n) is 7.77. The average Bonchev–Trinajstić information content (AvgIpc) is 3.26. The minimum absolute atomic E-state index is 0.0503. The fourth-order valence-corrected chi connectivity index (χ4v) is 4.44. The number of nitrogens with one attached hydrogen (secondary N) is 1. The van der Waals surface area contributed by atoms with Gasteiger partial charge in [-0.05, 0) is 37.2 Å². The molecule has 1 heterocycles. The van der Waals surface area contributed by atoms with Gasteiger partial charge in [-0.1, -0.05) is 42.0 Å². The van der Waals surface area contributed by atoms with E-state index in [0.29, 0.717) is 11.8 Å². The lowest BCUT2D eigenvalue weighted by Crippen LogP contribution is -2.44. The number of amides is 1. The number of benzene rings is 1. The van der Waals surface area contributed by atoms with Crippen LogP contribution in [0.5, 0.6) is 0 Å². The number of nitrogens with zero attached hydrogens (tertiary/aromatic N) is 1. The Morgan fingerprint density at radius 3 is 2.60 bits per heavy atom. The number of aryl methyl sites for hydroxylation is 1. The van der Waals surface area contributed by atoms with Crippen LogP contribution in [0, 0.1) is 24.7 Å². The summed E-state index contributed by atoms with van der Waals surface area (Å²) >= 11 is 0. The molecule has 4 rings (SSSR count). The minimum atomic E-state index is 0.0503. The van der Waals surface area contributed by atoms with Gasteiger partial charge in [0.2, 0.25) is 5.91 Å². The molecule has 3 aliphatic rings. The topological polar surface area (TPSA) is 41.6 Å². The van der Waals surface area contributed by atoms with E-state index in [0.717, 1.165) is 45.7 Å². The lowest BCUT2D eigenvalue weighted by atomic mass is 9.92. The van der Waals surface area contributed by atoms with Gasteiger partial charge in [0, 0.05) is 25.6 Å². The summed E-state index contributed by atoms with van der Waals surface area (Å²) in [6.07, 6.45) is 6.73. The van der Waals surface area contributed by atoms with Gasteiger partial charge in [-0.25, -0.2) is 0 Å². The van der Waals surface area contributed by atoms with Gasteiger partial charge in [0.15, 0.2) is 0 Å². The second kappa shape index (κ2) is 7.30. The molecular weight excluding hydrogens is 312 g/mol. The molecule has 0 aromatic heterocycles. The van der Waals surface area contributed by atoms with Crippen molar-refractivity contribution in [2.24, 2.45) is 17.8 Å². The summed E-state index contributed by atoms with van der Waals surface area (Å²) in [7, 11) is 0. The maximum absolute atomic E-state index is 12.9. The molecule has 0 radical (unpaired) electrons. The Kier molecular flexibility index (Phi) is 4.91.